The maximum Gasteiger partial charge on any atom is 0.317 e. The molecule has 0 fully saturated rings. The summed E-state index contributed by atoms with van der Waals surface area (Å²) >= 11 is 0. The van der Waals surface area contributed by atoms with Crippen LogP contribution < -0.4 is 16.0 Å². The van der Waals surface area contributed by atoms with E-state index in [2.05, 4.69) is 15.3 Å². The Balaban J connectivity index is 2.85. The maximum absolute atomic E-state index is 10.5. The number of nitrogens with two attached hydrogens (primary N) is 1. The fourth-order valence-corrected chi connectivity index (χ4v) is 0.786. The lowest BCUT2D eigenvalue weighted by molar-refractivity contribution is 0.259. The van der Waals surface area contributed by atoms with Gasteiger partial charge in [0.1, 0.15) is 18.0 Å². The number of hydrogen-bond acceptors (Lipinski definition) is 4. The van der Waals surface area contributed by atoms with Crippen molar-refractivity contribution in [2.24, 2.45) is 5.73 Å². The summed E-state index contributed by atoms with van der Waals surface area (Å²) in [6.07, 6.45) is 1.36. The average molecular weight is 181 g/mol. The number of primary amides is 1. The van der Waals surface area contributed by atoms with Crippen molar-refractivity contribution in [2.75, 3.05) is 24.3 Å². The van der Waals surface area contributed by atoms with Crippen molar-refractivity contribution in [3.63, 3.8) is 0 Å². The summed E-state index contributed by atoms with van der Waals surface area (Å²) in [5, 5.41) is 2.36. The van der Waals surface area contributed by atoms with E-state index in [1.54, 1.807) is 11.0 Å². The molecule has 3 N–H and O–H groups in total. The minimum atomic E-state index is -0.636. The zero-order chi connectivity index (χ0) is 9.84. The highest BCUT2D eigenvalue weighted by Gasteiger charge is 2.01. The fourth-order valence-electron chi connectivity index (χ4n) is 0.786. The SMILES string of the molecule is CN(C)c1cc(NC(N)=O)ncn1. The van der Waals surface area contributed by atoms with Gasteiger partial charge in [-0.3, -0.25) is 5.32 Å². The Morgan fingerprint density at radius 1 is 1.54 bits per heavy atom. The summed E-state index contributed by atoms with van der Waals surface area (Å²) in [5.74, 6) is 1.10. The third kappa shape index (κ3) is 2.58. The Labute approximate surface area is 75.8 Å². The van der Waals surface area contributed by atoms with Crippen molar-refractivity contribution in [1.82, 2.24) is 9.97 Å². The Morgan fingerprint density at radius 3 is 2.77 bits per heavy atom. The molecule has 0 spiro atoms. The monoisotopic (exact) mass is 181 g/mol. The number of nitrogens with zero attached hydrogens (tertiary/aromatic N) is 3. The Hall–Kier alpha value is -1.85. The summed E-state index contributed by atoms with van der Waals surface area (Å²) in [7, 11) is 3.69. The lowest BCUT2D eigenvalue weighted by Gasteiger charge is -2.11. The highest BCUT2D eigenvalue weighted by molar-refractivity contribution is 5.86. The molecule has 6 nitrogen and oxygen atoms in total. The van der Waals surface area contributed by atoms with E-state index in [1.165, 1.54) is 6.33 Å². The number of anilines is 2. The molecule has 0 radical (unpaired) electrons. The van der Waals surface area contributed by atoms with E-state index in [9.17, 15) is 4.79 Å². The van der Waals surface area contributed by atoms with Crippen molar-refractivity contribution >= 4 is 17.7 Å². The van der Waals surface area contributed by atoms with Gasteiger partial charge in [0.05, 0.1) is 0 Å². The van der Waals surface area contributed by atoms with Crippen LogP contribution in [0, 0.1) is 0 Å². The quantitative estimate of drug-likeness (QED) is 0.674. The highest BCUT2D eigenvalue weighted by Crippen LogP contribution is 2.10. The van der Waals surface area contributed by atoms with Crippen LogP contribution in [0.15, 0.2) is 12.4 Å². The summed E-state index contributed by atoms with van der Waals surface area (Å²) in [6.45, 7) is 0. The first-order chi connectivity index (χ1) is 6.09. The van der Waals surface area contributed by atoms with E-state index in [1.807, 2.05) is 14.1 Å². The minimum Gasteiger partial charge on any atom is -0.363 e. The van der Waals surface area contributed by atoms with Gasteiger partial charge in [-0.05, 0) is 0 Å². The van der Waals surface area contributed by atoms with Crippen molar-refractivity contribution < 1.29 is 4.79 Å². The van der Waals surface area contributed by atoms with Crippen LogP contribution in [0.1, 0.15) is 0 Å². The molecule has 0 bridgehead atoms. The Kier molecular flexibility index (Phi) is 2.63. The molecule has 0 aliphatic carbocycles. The zero-order valence-electron chi connectivity index (χ0n) is 7.48. The van der Waals surface area contributed by atoms with Gasteiger partial charge in [-0.1, -0.05) is 0 Å². The lowest BCUT2D eigenvalue weighted by atomic mass is 10.5. The van der Waals surface area contributed by atoms with Crippen molar-refractivity contribution in [2.45, 2.75) is 0 Å². The predicted octanol–water partition coefficient (Wildman–Crippen LogP) is 0.0332. The second kappa shape index (κ2) is 3.70. The van der Waals surface area contributed by atoms with Gasteiger partial charge in [-0.2, -0.15) is 0 Å². The molecule has 1 rings (SSSR count). The van der Waals surface area contributed by atoms with Crippen LogP contribution in [-0.2, 0) is 0 Å². The molecule has 6 heteroatoms. The summed E-state index contributed by atoms with van der Waals surface area (Å²) < 4.78 is 0. The van der Waals surface area contributed by atoms with Gasteiger partial charge in [0.25, 0.3) is 0 Å². The predicted molar refractivity (Wildman–Crippen MR) is 49.6 cm³/mol. The van der Waals surface area contributed by atoms with Gasteiger partial charge >= 0.3 is 6.03 Å². The third-order valence-electron chi connectivity index (χ3n) is 1.36. The van der Waals surface area contributed by atoms with Crippen LogP contribution in [0.4, 0.5) is 16.4 Å². The molecule has 0 atom stereocenters. The molecule has 0 aromatic carbocycles. The van der Waals surface area contributed by atoms with Crippen LogP contribution >= 0.6 is 0 Å². The number of carbonyl (C=O) groups excluding carboxylic acids is 1. The van der Waals surface area contributed by atoms with Gasteiger partial charge in [0.2, 0.25) is 0 Å². The second-order valence-electron chi connectivity index (χ2n) is 2.65. The van der Waals surface area contributed by atoms with Crippen molar-refractivity contribution in [3.05, 3.63) is 12.4 Å². The molecule has 0 unspecified atom stereocenters. The summed E-state index contributed by atoms with van der Waals surface area (Å²) in [5.41, 5.74) is 4.93. The molecule has 1 heterocycles. The number of amides is 2. The van der Waals surface area contributed by atoms with Gasteiger partial charge < -0.3 is 10.6 Å². The van der Waals surface area contributed by atoms with Crippen LogP contribution in [-0.4, -0.2) is 30.1 Å². The number of urea groups is 1. The number of carbonyl (C=O) groups is 1. The molecule has 0 saturated carbocycles. The number of aromatic nitrogens is 2. The van der Waals surface area contributed by atoms with Crippen molar-refractivity contribution in [3.8, 4) is 0 Å². The minimum absolute atomic E-state index is 0.395. The van der Waals surface area contributed by atoms with E-state index < -0.39 is 6.03 Å². The number of rotatable bonds is 2. The van der Waals surface area contributed by atoms with E-state index >= 15 is 0 Å². The molecule has 70 valence electrons. The molecular weight excluding hydrogens is 170 g/mol. The van der Waals surface area contributed by atoms with Gasteiger partial charge in [-0.25, -0.2) is 14.8 Å². The van der Waals surface area contributed by atoms with Gasteiger partial charge in [-0.15, -0.1) is 0 Å². The topological polar surface area (TPSA) is 84.1 Å². The smallest absolute Gasteiger partial charge is 0.317 e. The first kappa shape index (κ1) is 9.24. The summed E-state index contributed by atoms with van der Waals surface area (Å²) in [4.78, 5) is 20.1. The Morgan fingerprint density at radius 2 is 2.23 bits per heavy atom. The molecule has 13 heavy (non-hydrogen) atoms. The van der Waals surface area contributed by atoms with Gasteiger partial charge in [0.15, 0.2) is 0 Å². The van der Waals surface area contributed by atoms with Crippen LogP contribution in [0.3, 0.4) is 0 Å². The molecule has 1 aromatic rings. The standard InChI is InChI=1S/C7H11N5O/c1-12(2)6-3-5(9-4-10-6)11-7(8)13/h3-4H,1-2H3,(H3,8,9,10,11,13). The van der Waals surface area contributed by atoms with Crippen molar-refractivity contribution in [1.29, 1.82) is 0 Å². The van der Waals surface area contributed by atoms with E-state index in [-0.39, 0.29) is 0 Å². The number of hydrogen-bond donors (Lipinski definition) is 2. The first-order valence-corrected chi connectivity index (χ1v) is 3.65. The molecular formula is C7H11N5O. The van der Waals surface area contributed by atoms with E-state index in [0.717, 1.165) is 0 Å². The second-order valence-corrected chi connectivity index (χ2v) is 2.65. The zero-order valence-corrected chi connectivity index (χ0v) is 7.48. The highest BCUT2D eigenvalue weighted by atomic mass is 16.2. The lowest BCUT2D eigenvalue weighted by Crippen LogP contribution is -2.20. The maximum atomic E-state index is 10.5. The number of nitrogens with one attached hydrogen (secondary N) is 1. The molecule has 1 aromatic heterocycles. The first-order valence-electron chi connectivity index (χ1n) is 3.65. The van der Waals surface area contributed by atoms with E-state index in [0.29, 0.717) is 11.6 Å². The normalized spacial score (nSPS) is 9.38. The van der Waals surface area contributed by atoms with Gasteiger partial charge in [0, 0.05) is 20.2 Å². The Bertz CT molecular complexity index is 312. The average Bonchev–Trinajstić information content (AvgIpc) is 2.03. The van der Waals surface area contributed by atoms with Crippen LogP contribution in [0.25, 0.3) is 0 Å². The molecule has 0 aliphatic heterocycles. The van der Waals surface area contributed by atoms with E-state index in [4.69, 9.17) is 5.73 Å². The third-order valence-corrected chi connectivity index (χ3v) is 1.36. The molecule has 2 amide bonds. The fraction of sp³-hybridized carbons (Fsp3) is 0.286. The van der Waals surface area contributed by atoms with Crippen LogP contribution in [0.2, 0.25) is 0 Å². The molecule has 0 aliphatic rings. The molecule has 0 saturated heterocycles. The largest absolute Gasteiger partial charge is 0.363 e. The summed E-state index contributed by atoms with van der Waals surface area (Å²) in [6, 6.07) is 0.994. The van der Waals surface area contributed by atoms with Crippen LogP contribution in [0.5, 0.6) is 0 Å².